The first kappa shape index (κ1) is 12.3. The van der Waals surface area contributed by atoms with Crippen molar-refractivity contribution in [1.82, 2.24) is 4.98 Å². The zero-order chi connectivity index (χ0) is 11.3. The molecule has 0 bridgehead atoms. The topological polar surface area (TPSA) is 68.3 Å². The van der Waals surface area contributed by atoms with E-state index in [1.165, 1.54) is 23.1 Å². The number of ether oxygens (including phenoxy) is 1. The molecule has 15 heavy (non-hydrogen) atoms. The summed E-state index contributed by atoms with van der Waals surface area (Å²) in [4.78, 5) is 15.4. The molecular formula is C7H7N2O3PS2. The zero-order valence-electron chi connectivity index (χ0n) is 7.94. The Hall–Kier alpha value is -0.740. The fraction of sp³-hybridized carbons (Fsp3) is 0.286. The van der Waals surface area contributed by atoms with E-state index in [9.17, 15) is 9.36 Å². The molecule has 0 amide bonds. The maximum absolute atomic E-state index is 11.4. The van der Waals surface area contributed by atoms with Crippen molar-refractivity contribution in [3.05, 3.63) is 5.69 Å². The Bertz CT molecular complexity index is 468. The Kier molecular flexibility index (Phi) is 4.91. The fourth-order valence-corrected chi connectivity index (χ4v) is 2.33. The molecule has 0 unspecified atom stereocenters. The van der Waals surface area contributed by atoms with Crippen molar-refractivity contribution in [2.75, 3.05) is 18.6 Å². The molecule has 1 aromatic heterocycles. The molecule has 1 aromatic rings. The van der Waals surface area contributed by atoms with Crippen molar-refractivity contribution in [1.29, 1.82) is 0 Å². The Labute approximate surface area is 95.7 Å². The van der Waals surface area contributed by atoms with Crippen LogP contribution in [-0.2, 0) is 9.30 Å². The molecule has 0 fully saturated rings. The third-order valence-electron chi connectivity index (χ3n) is 1.38. The molecule has 1 N–H and O–H groups in total. The predicted octanol–water partition coefficient (Wildman–Crippen LogP) is 2.27. The number of nitrogens with one attached hydrogen (secondary N) is 1. The van der Waals surface area contributed by atoms with Gasteiger partial charge in [-0.1, -0.05) is 0 Å². The van der Waals surface area contributed by atoms with Gasteiger partial charge in [0, 0.05) is 0 Å². The average molecular weight is 262 g/mol. The number of nitrogens with zero attached hydrogens (tertiary/aromatic N) is 1. The molecule has 80 valence electrons. The van der Waals surface area contributed by atoms with Crippen LogP contribution in [0.15, 0.2) is 4.34 Å². The number of hydrogen-bond acceptors (Lipinski definition) is 7. The second-order valence-electron chi connectivity index (χ2n) is 2.18. The normalized spacial score (nSPS) is 9.20. The summed E-state index contributed by atoms with van der Waals surface area (Å²) in [6.45, 7) is 0. The number of thiazole rings is 1. The van der Waals surface area contributed by atoms with Gasteiger partial charge in [0.15, 0.2) is 0 Å². The molecule has 0 atom stereocenters. The van der Waals surface area contributed by atoms with Gasteiger partial charge >= 0.3 is 95.5 Å². The molecule has 0 saturated heterocycles. The number of thioether (sulfide) groups is 1. The summed E-state index contributed by atoms with van der Waals surface area (Å²) in [6.07, 6.45) is 1.86. The van der Waals surface area contributed by atoms with E-state index >= 15 is 0 Å². The van der Waals surface area contributed by atoms with Gasteiger partial charge in [-0.15, -0.1) is 0 Å². The zero-order valence-corrected chi connectivity index (χ0v) is 10.5. The van der Waals surface area contributed by atoms with Crippen LogP contribution in [-0.4, -0.2) is 24.3 Å². The van der Waals surface area contributed by atoms with Gasteiger partial charge in [-0.05, 0) is 0 Å². The molecular weight excluding hydrogens is 255 g/mol. The predicted molar refractivity (Wildman–Crippen MR) is 60.4 cm³/mol. The third-order valence-corrected chi connectivity index (χ3v) is 3.60. The molecule has 0 aliphatic heterocycles. The summed E-state index contributed by atoms with van der Waals surface area (Å²) in [5.41, 5.74) is 0.183. The first-order valence-electron chi connectivity index (χ1n) is 3.74. The summed E-state index contributed by atoms with van der Waals surface area (Å²) in [6, 6.07) is 0. The van der Waals surface area contributed by atoms with Gasteiger partial charge < -0.3 is 0 Å². The Morgan fingerprint density at radius 3 is 3.00 bits per heavy atom. The molecule has 1 heterocycles. The SMILES string of the molecule is CNc1sc(SC)nc1C(=O)OC#P=O. The van der Waals surface area contributed by atoms with E-state index in [0.717, 1.165) is 4.34 Å². The molecule has 0 spiro atoms. The molecule has 0 saturated carbocycles. The van der Waals surface area contributed by atoms with Crippen LogP contribution >= 0.6 is 31.0 Å². The number of carbonyl (C=O) groups is 1. The van der Waals surface area contributed by atoms with Gasteiger partial charge in [0.25, 0.3) is 0 Å². The van der Waals surface area contributed by atoms with E-state index in [2.05, 4.69) is 15.0 Å². The number of aromatic nitrogens is 1. The van der Waals surface area contributed by atoms with Crippen molar-refractivity contribution in [3.63, 3.8) is 0 Å². The number of anilines is 1. The maximum atomic E-state index is 11.4. The molecule has 1 rings (SSSR count). The van der Waals surface area contributed by atoms with Gasteiger partial charge in [0.05, 0.1) is 0 Å². The summed E-state index contributed by atoms with van der Waals surface area (Å²) in [7, 11) is 1.22. The van der Waals surface area contributed by atoms with Crippen LogP contribution in [0, 0.1) is 5.81 Å². The van der Waals surface area contributed by atoms with E-state index in [1.807, 2.05) is 12.1 Å². The van der Waals surface area contributed by atoms with Gasteiger partial charge in [0.1, 0.15) is 0 Å². The standard InChI is InChI=1S/C7H7N2O3PS2/c1-8-5-4(6(10)12-3-13-11)9-7(14-2)15-5/h8H,1-2H3. The van der Waals surface area contributed by atoms with Crippen LogP contribution in [0.3, 0.4) is 0 Å². The molecule has 0 aliphatic carbocycles. The van der Waals surface area contributed by atoms with E-state index in [4.69, 9.17) is 0 Å². The quantitative estimate of drug-likeness (QED) is 0.512. The third kappa shape index (κ3) is 3.11. The first-order valence-corrected chi connectivity index (χ1v) is 6.59. The van der Waals surface area contributed by atoms with Crippen LogP contribution in [0.5, 0.6) is 0 Å². The van der Waals surface area contributed by atoms with Crippen LogP contribution in [0.25, 0.3) is 0 Å². The minimum absolute atomic E-state index is 0.183. The van der Waals surface area contributed by atoms with Crippen molar-refractivity contribution in [2.45, 2.75) is 4.34 Å². The Balaban J connectivity index is 2.99. The van der Waals surface area contributed by atoms with Crippen molar-refractivity contribution in [3.8, 4) is 5.81 Å². The van der Waals surface area contributed by atoms with Gasteiger partial charge in [0.2, 0.25) is 0 Å². The molecule has 0 aromatic carbocycles. The molecule has 0 radical (unpaired) electrons. The van der Waals surface area contributed by atoms with Crippen LogP contribution in [0.1, 0.15) is 10.5 Å². The van der Waals surface area contributed by atoms with Gasteiger partial charge in [-0.3, -0.25) is 0 Å². The molecule has 8 heteroatoms. The Morgan fingerprint density at radius 1 is 1.73 bits per heavy atom. The van der Waals surface area contributed by atoms with E-state index in [0.29, 0.717) is 5.00 Å². The van der Waals surface area contributed by atoms with Crippen LogP contribution in [0.2, 0.25) is 0 Å². The minimum atomic E-state index is -0.667. The van der Waals surface area contributed by atoms with Crippen molar-refractivity contribution >= 4 is 42.0 Å². The van der Waals surface area contributed by atoms with Gasteiger partial charge in [-0.25, -0.2) is 0 Å². The second-order valence-corrected chi connectivity index (χ2v) is 4.60. The second kappa shape index (κ2) is 5.98. The van der Waals surface area contributed by atoms with E-state index in [1.54, 1.807) is 7.05 Å². The number of carbonyl (C=O) groups excluding carboxylic acids is 1. The summed E-state index contributed by atoms with van der Waals surface area (Å²) < 4.78 is 15.2. The molecule has 0 aliphatic rings. The van der Waals surface area contributed by atoms with Crippen molar-refractivity contribution < 1.29 is 14.1 Å². The summed E-state index contributed by atoms with van der Waals surface area (Å²) in [5.74, 6) is 1.25. The van der Waals surface area contributed by atoms with E-state index < -0.39 is 13.9 Å². The van der Waals surface area contributed by atoms with Crippen molar-refractivity contribution in [2.24, 2.45) is 0 Å². The Morgan fingerprint density at radius 2 is 2.47 bits per heavy atom. The van der Waals surface area contributed by atoms with Gasteiger partial charge in [-0.2, -0.15) is 0 Å². The monoisotopic (exact) mass is 262 g/mol. The first-order chi connectivity index (χ1) is 7.22. The number of esters is 1. The van der Waals surface area contributed by atoms with Crippen LogP contribution < -0.4 is 5.32 Å². The van der Waals surface area contributed by atoms with Crippen LogP contribution in [0.4, 0.5) is 5.00 Å². The van der Waals surface area contributed by atoms with E-state index in [-0.39, 0.29) is 5.69 Å². The summed E-state index contributed by atoms with van der Waals surface area (Å²) >= 11 is 2.79. The average Bonchev–Trinajstić information content (AvgIpc) is 2.69. The number of hydrogen-bond donors (Lipinski definition) is 1. The fourth-order valence-electron chi connectivity index (χ4n) is 0.804. The number of rotatable bonds is 3. The summed E-state index contributed by atoms with van der Waals surface area (Å²) in [5, 5.41) is 3.46. The molecule has 5 nitrogen and oxygen atoms in total.